The molecule has 0 fully saturated rings. The highest BCUT2D eigenvalue weighted by atomic mass is 16.5. The molecule has 6 nitrogen and oxygen atoms in total. The molecule has 0 aromatic heterocycles. The van der Waals surface area contributed by atoms with Gasteiger partial charge in [0.15, 0.2) is 0 Å². The number of carbonyl (C=O) groups excluding carboxylic acids is 3. The monoisotopic (exact) mass is 230 g/mol. The van der Waals surface area contributed by atoms with E-state index in [2.05, 4.69) is 20.8 Å². The molecule has 0 radical (unpaired) electrons. The lowest BCUT2D eigenvalue weighted by Gasteiger charge is -1.89. The number of carbonyl (C=O) groups is 3. The summed E-state index contributed by atoms with van der Waals surface area (Å²) < 4.78 is 12.6. The van der Waals surface area contributed by atoms with Crippen LogP contribution in [0.4, 0.5) is 0 Å². The van der Waals surface area contributed by atoms with Crippen LogP contribution < -0.4 is 0 Å². The molecule has 0 N–H and O–H groups in total. The molecule has 0 aromatic carbocycles. The Kier molecular flexibility index (Phi) is 11.2. The molecule has 0 heterocycles. The fraction of sp³-hybridized carbons (Fsp3) is 0.300. The highest BCUT2D eigenvalue weighted by molar-refractivity contribution is 5.91. The Morgan fingerprint density at radius 2 is 1.38 bits per heavy atom. The van der Waals surface area contributed by atoms with Crippen LogP contribution in [0.2, 0.25) is 0 Å². The largest absolute Gasteiger partial charge is 0.466 e. The van der Waals surface area contributed by atoms with Crippen LogP contribution in [-0.2, 0) is 28.6 Å². The van der Waals surface area contributed by atoms with Crippen LogP contribution >= 0.6 is 0 Å². The zero-order chi connectivity index (χ0) is 13.0. The quantitative estimate of drug-likeness (QED) is 0.305. The van der Waals surface area contributed by atoms with E-state index in [9.17, 15) is 14.4 Å². The maximum Gasteiger partial charge on any atom is 0.330 e. The van der Waals surface area contributed by atoms with E-state index in [0.29, 0.717) is 0 Å². The maximum atomic E-state index is 10.3. The molecule has 6 heteroatoms. The fourth-order valence-electron chi connectivity index (χ4n) is 0.390. The summed E-state index contributed by atoms with van der Waals surface area (Å²) in [6, 6.07) is 0. The second-order valence-electron chi connectivity index (χ2n) is 2.16. The van der Waals surface area contributed by atoms with E-state index < -0.39 is 11.9 Å². The number of methoxy groups -OCH3 is 2. The van der Waals surface area contributed by atoms with Crippen molar-refractivity contribution < 1.29 is 28.6 Å². The van der Waals surface area contributed by atoms with Gasteiger partial charge in [0.05, 0.1) is 20.5 Å². The Morgan fingerprint density at radius 3 is 1.50 bits per heavy atom. The predicted octanol–water partition coefficient (Wildman–Crippen LogP) is 0.582. The summed E-state index contributed by atoms with van der Waals surface area (Å²) in [7, 11) is 2.45. The van der Waals surface area contributed by atoms with Gasteiger partial charge in [-0.3, -0.25) is 4.79 Å². The minimum absolute atomic E-state index is 0.329. The lowest BCUT2D eigenvalue weighted by Crippen LogP contribution is -1.98. The first-order chi connectivity index (χ1) is 7.47. The van der Waals surface area contributed by atoms with Gasteiger partial charge in [0.2, 0.25) is 0 Å². The Bertz CT molecular complexity index is 261. The van der Waals surface area contributed by atoms with E-state index in [-0.39, 0.29) is 5.97 Å². The Labute approximate surface area is 93.5 Å². The van der Waals surface area contributed by atoms with Crippen molar-refractivity contribution in [1.29, 1.82) is 0 Å². The number of hydrogen-bond acceptors (Lipinski definition) is 6. The maximum absolute atomic E-state index is 10.3. The van der Waals surface area contributed by atoms with Gasteiger partial charge in [0, 0.05) is 19.1 Å². The summed E-state index contributed by atoms with van der Waals surface area (Å²) in [5.74, 6) is -1.49. The van der Waals surface area contributed by atoms with Gasteiger partial charge in [-0.15, -0.1) is 0 Å². The van der Waals surface area contributed by atoms with E-state index >= 15 is 0 Å². The van der Waals surface area contributed by atoms with Crippen LogP contribution in [0.5, 0.6) is 0 Å². The molecule has 90 valence electrons. The van der Waals surface area contributed by atoms with Gasteiger partial charge in [-0.05, 0) is 0 Å². The summed E-state index contributed by atoms with van der Waals surface area (Å²) in [4.78, 5) is 30.4. The van der Waals surface area contributed by atoms with Crippen molar-refractivity contribution in [2.75, 3.05) is 14.2 Å². The SMILES string of the molecule is C=COC(C)=O.COC(=O)/C=C/C(=O)OC. The third-order valence-corrected chi connectivity index (χ3v) is 1.01. The number of ether oxygens (including phenoxy) is 3. The third kappa shape index (κ3) is 14.4. The summed E-state index contributed by atoms with van der Waals surface area (Å²) in [5.41, 5.74) is 0. The summed E-state index contributed by atoms with van der Waals surface area (Å²) in [6.45, 7) is 4.48. The van der Waals surface area contributed by atoms with Crippen LogP contribution in [0.15, 0.2) is 25.0 Å². The highest BCUT2D eigenvalue weighted by Crippen LogP contribution is 1.80. The van der Waals surface area contributed by atoms with Crippen LogP contribution in [0.3, 0.4) is 0 Å². The van der Waals surface area contributed by atoms with Gasteiger partial charge in [0.25, 0.3) is 0 Å². The van der Waals surface area contributed by atoms with Crippen molar-refractivity contribution >= 4 is 17.9 Å². The van der Waals surface area contributed by atoms with Gasteiger partial charge < -0.3 is 14.2 Å². The molecule has 0 atom stereocenters. The van der Waals surface area contributed by atoms with E-state index in [4.69, 9.17) is 0 Å². The second kappa shape index (κ2) is 11.0. The Balaban J connectivity index is 0. The lowest BCUT2D eigenvalue weighted by atomic mass is 10.5. The lowest BCUT2D eigenvalue weighted by molar-refractivity contribution is -0.137. The van der Waals surface area contributed by atoms with Crippen LogP contribution in [0.1, 0.15) is 6.92 Å². The first kappa shape index (κ1) is 16.3. The summed E-state index contributed by atoms with van der Waals surface area (Å²) >= 11 is 0. The van der Waals surface area contributed by atoms with E-state index in [1.54, 1.807) is 0 Å². The fourth-order valence-corrected chi connectivity index (χ4v) is 0.390. The first-order valence-electron chi connectivity index (χ1n) is 4.10. The molecule has 0 aliphatic carbocycles. The zero-order valence-electron chi connectivity index (χ0n) is 9.39. The number of esters is 3. The molecule has 0 aliphatic rings. The number of rotatable bonds is 3. The molecule has 0 aromatic rings. The topological polar surface area (TPSA) is 78.9 Å². The number of hydrogen-bond donors (Lipinski definition) is 0. The molecule has 0 spiro atoms. The van der Waals surface area contributed by atoms with E-state index in [1.807, 2.05) is 0 Å². The van der Waals surface area contributed by atoms with Crippen molar-refractivity contribution in [1.82, 2.24) is 0 Å². The summed E-state index contributed by atoms with van der Waals surface area (Å²) in [5, 5.41) is 0. The van der Waals surface area contributed by atoms with Crippen LogP contribution in [-0.4, -0.2) is 32.1 Å². The molecular formula is C10H14O6. The minimum Gasteiger partial charge on any atom is -0.466 e. The van der Waals surface area contributed by atoms with E-state index in [0.717, 1.165) is 18.4 Å². The average molecular weight is 230 g/mol. The normalized spacial score (nSPS) is 8.44. The van der Waals surface area contributed by atoms with Crippen LogP contribution in [0.25, 0.3) is 0 Å². The highest BCUT2D eigenvalue weighted by Gasteiger charge is 1.94. The van der Waals surface area contributed by atoms with E-state index in [1.165, 1.54) is 21.1 Å². The Hall–Kier alpha value is -2.11. The van der Waals surface area contributed by atoms with Crippen molar-refractivity contribution in [2.24, 2.45) is 0 Å². The van der Waals surface area contributed by atoms with Crippen molar-refractivity contribution in [3.63, 3.8) is 0 Å². The zero-order valence-corrected chi connectivity index (χ0v) is 9.39. The van der Waals surface area contributed by atoms with Crippen molar-refractivity contribution in [2.45, 2.75) is 6.92 Å². The van der Waals surface area contributed by atoms with Gasteiger partial charge in [-0.1, -0.05) is 6.58 Å². The molecule has 0 amide bonds. The second-order valence-corrected chi connectivity index (χ2v) is 2.16. The minimum atomic E-state index is -0.578. The molecule has 0 rings (SSSR count). The van der Waals surface area contributed by atoms with Gasteiger partial charge in [-0.25, -0.2) is 9.59 Å². The molecule has 0 saturated heterocycles. The molecule has 0 bridgehead atoms. The van der Waals surface area contributed by atoms with Crippen LogP contribution in [0, 0.1) is 0 Å². The van der Waals surface area contributed by atoms with Gasteiger partial charge >= 0.3 is 17.9 Å². The standard InChI is InChI=1S/C6H8O4.C4H6O2/c1-9-5(7)3-4-6(8)10-2;1-3-6-4(2)5/h3-4H,1-2H3;3H,1H2,2H3/b4-3+;. The molecule has 16 heavy (non-hydrogen) atoms. The summed E-state index contributed by atoms with van der Waals surface area (Å²) in [6.07, 6.45) is 3.08. The van der Waals surface area contributed by atoms with Crippen molar-refractivity contribution in [3.05, 3.63) is 25.0 Å². The smallest absolute Gasteiger partial charge is 0.330 e. The first-order valence-corrected chi connectivity index (χ1v) is 4.10. The molecular weight excluding hydrogens is 216 g/mol. The molecule has 0 unspecified atom stereocenters. The molecule has 0 aliphatic heterocycles. The average Bonchev–Trinajstić information content (AvgIpc) is 2.25. The van der Waals surface area contributed by atoms with Crippen molar-refractivity contribution in [3.8, 4) is 0 Å². The Morgan fingerprint density at radius 1 is 1.00 bits per heavy atom. The van der Waals surface area contributed by atoms with Gasteiger partial charge in [-0.2, -0.15) is 0 Å². The third-order valence-electron chi connectivity index (χ3n) is 1.01. The predicted molar refractivity (Wildman–Crippen MR) is 55.1 cm³/mol. The van der Waals surface area contributed by atoms with Gasteiger partial charge in [0.1, 0.15) is 0 Å². The molecule has 0 saturated carbocycles.